The first kappa shape index (κ1) is 13.8. The van der Waals surface area contributed by atoms with E-state index in [-0.39, 0.29) is 10.6 Å². The second-order valence-electron chi connectivity index (χ2n) is 3.93. The zero-order chi connectivity index (χ0) is 13.9. The number of hydrogen-bond acceptors (Lipinski definition) is 2. The first-order valence-corrected chi connectivity index (χ1v) is 7.49. The van der Waals surface area contributed by atoms with Gasteiger partial charge in [0.05, 0.1) is 5.75 Å². The molecule has 0 unspecified atom stereocenters. The smallest absolute Gasteiger partial charge is 0.237 e. The van der Waals surface area contributed by atoms with Crippen LogP contribution in [-0.4, -0.2) is 8.42 Å². The number of anilines is 1. The summed E-state index contributed by atoms with van der Waals surface area (Å²) in [5.41, 5.74) is 0.391. The fraction of sp³-hybridized carbons (Fsp3) is 0.0769. The van der Waals surface area contributed by atoms with Crippen LogP contribution in [0, 0.1) is 5.82 Å². The minimum atomic E-state index is -3.71. The van der Waals surface area contributed by atoms with Crippen molar-refractivity contribution in [3.05, 3.63) is 64.9 Å². The van der Waals surface area contributed by atoms with Gasteiger partial charge < -0.3 is 0 Å². The van der Waals surface area contributed by atoms with Gasteiger partial charge in [-0.05, 0) is 24.3 Å². The monoisotopic (exact) mass is 299 g/mol. The number of rotatable bonds is 4. The van der Waals surface area contributed by atoms with E-state index < -0.39 is 21.6 Å². The Morgan fingerprint density at radius 3 is 2.37 bits per heavy atom. The molecule has 0 radical (unpaired) electrons. The number of benzene rings is 2. The second-order valence-corrected chi connectivity index (χ2v) is 6.06. The Morgan fingerprint density at radius 1 is 1.05 bits per heavy atom. The van der Waals surface area contributed by atoms with Gasteiger partial charge >= 0.3 is 0 Å². The highest BCUT2D eigenvalue weighted by Gasteiger charge is 2.17. The van der Waals surface area contributed by atoms with Crippen molar-refractivity contribution in [2.45, 2.75) is 5.75 Å². The predicted molar refractivity (Wildman–Crippen MR) is 74.1 cm³/mol. The number of nitrogens with one attached hydrogen (secondary N) is 1. The van der Waals surface area contributed by atoms with Crippen molar-refractivity contribution in [3.63, 3.8) is 0 Å². The van der Waals surface area contributed by atoms with Gasteiger partial charge in [0.25, 0.3) is 0 Å². The topological polar surface area (TPSA) is 46.2 Å². The maximum atomic E-state index is 13.5. The molecule has 0 saturated heterocycles. The predicted octanol–water partition coefficient (Wildman–Crippen LogP) is 3.42. The zero-order valence-corrected chi connectivity index (χ0v) is 11.4. The molecule has 19 heavy (non-hydrogen) atoms. The average molecular weight is 300 g/mol. The summed E-state index contributed by atoms with van der Waals surface area (Å²) >= 11 is 5.81. The third-order valence-corrected chi connectivity index (χ3v) is 4.01. The van der Waals surface area contributed by atoms with E-state index in [0.29, 0.717) is 5.69 Å². The van der Waals surface area contributed by atoms with Crippen LogP contribution < -0.4 is 4.72 Å². The number of para-hydroxylation sites is 1. The lowest BCUT2D eigenvalue weighted by Crippen LogP contribution is -2.16. The molecule has 100 valence electrons. The lowest BCUT2D eigenvalue weighted by atomic mass is 10.2. The summed E-state index contributed by atoms with van der Waals surface area (Å²) in [6.45, 7) is 0. The number of sulfonamides is 1. The average Bonchev–Trinajstić information content (AvgIpc) is 2.35. The Kier molecular flexibility index (Phi) is 4.07. The molecule has 6 heteroatoms. The highest BCUT2D eigenvalue weighted by molar-refractivity contribution is 7.91. The summed E-state index contributed by atoms with van der Waals surface area (Å²) in [7, 11) is -3.71. The van der Waals surface area contributed by atoms with Crippen molar-refractivity contribution in [1.82, 2.24) is 0 Å². The molecule has 0 aliphatic rings. The molecule has 0 aliphatic carbocycles. The van der Waals surface area contributed by atoms with E-state index in [9.17, 15) is 12.8 Å². The van der Waals surface area contributed by atoms with E-state index in [4.69, 9.17) is 11.6 Å². The third-order valence-electron chi connectivity index (χ3n) is 2.44. The second kappa shape index (κ2) is 5.59. The van der Waals surface area contributed by atoms with E-state index >= 15 is 0 Å². The van der Waals surface area contributed by atoms with E-state index in [1.807, 2.05) is 0 Å². The summed E-state index contributed by atoms with van der Waals surface area (Å²) < 4.78 is 39.8. The standard InChI is InChI=1S/C13H11ClFNO2S/c14-12-7-4-8-13(15)11(12)9-19(17,18)16-10-5-2-1-3-6-10/h1-8,16H,9H2. The van der Waals surface area contributed by atoms with Gasteiger partial charge in [-0.15, -0.1) is 0 Å². The molecule has 0 amide bonds. The van der Waals surface area contributed by atoms with Crippen LogP contribution in [0.2, 0.25) is 5.02 Å². The lowest BCUT2D eigenvalue weighted by Gasteiger charge is -2.09. The van der Waals surface area contributed by atoms with Gasteiger partial charge in [-0.3, -0.25) is 4.72 Å². The van der Waals surface area contributed by atoms with E-state index in [1.54, 1.807) is 30.3 Å². The molecule has 0 fully saturated rings. The molecule has 0 spiro atoms. The van der Waals surface area contributed by atoms with Gasteiger partial charge in [-0.2, -0.15) is 0 Å². The summed E-state index contributed by atoms with van der Waals surface area (Å²) in [4.78, 5) is 0. The van der Waals surface area contributed by atoms with Crippen LogP contribution >= 0.6 is 11.6 Å². The maximum absolute atomic E-state index is 13.5. The summed E-state index contributed by atoms with van der Waals surface area (Å²) in [5.74, 6) is -1.14. The first-order valence-electron chi connectivity index (χ1n) is 5.46. The molecule has 2 aromatic rings. The fourth-order valence-corrected chi connectivity index (χ4v) is 3.13. The molecule has 3 nitrogen and oxygen atoms in total. The molecule has 0 saturated carbocycles. The van der Waals surface area contributed by atoms with Crippen molar-refractivity contribution in [1.29, 1.82) is 0 Å². The van der Waals surface area contributed by atoms with Crippen LogP contribution in [0.25, 0.3) is 0 Å². The van der Waals surface area contributed by atoms with Crippen molar-refractivity contribution in [3.8, 4) is 0 Å². The lowest BCUT2D eigenvalue weighted by molar-refractivity contribution is 0.591. The SMILES string of the molecule is O=S(=O)(Cc1c(F)cccc1Cl)Nc1ccccc1. The van der Waals surface area contributed by atoms with Crippen LogP contribution in [0.1, 0.15) is 5.56 Å². The van der Waals surface area contributed by atoms with Gasteiger partial charge in [0, 0.05) is 16.3 Å². The van der Waals surface area contributed by atoms with Gasteiger partial charge in [0.2, 0.25) is 10.0 Å². The molecule has 0 atom stereocenters. The quantitative estimate of drug-likeness (QED) is 0.940. The van der Waals surface area contributed by atoms with Crippen LogP contribution in [0.4, 0.5) is 10.1 Å². The van der Waals surface area contributed by atoms with Gasteiger partial charge in [0.1, 0.15) is 5.82 Å². The van der Waals surface area contributed by atoms with E-state index in [2.05, 4.69) is 4.72 Å². The first-order chi connectivity index (χ1) is 8.98. The van der Waals surface area contributed by atoms with E-state index in [0.717, 1.165) is 0 Å². The third kappa shape index (κ3) is 3.68. The van der Waals surface area contributed by atoms with Crippen molar-refractivity contribution in [2.24, 2.45) is 0 Å². The van der Waals surface area contributed by atoms with Crippen molar-refractivity contribution in [2.75, 3.05) is 4.72 Å². The molecule has 0 aromatic heterocycles. The maximum Gasteiger partial charge on any atom is 0.237 e. The highest BCUT2D eigenvalue weighted by Crippen LogP contribution is 2.22. The molecule has 0 heterocycles. The molecule has 1 N–H and O–H groups in total. The van der Waals surface area contributed by atoms with Gasteiger partial charge in [-0.1, -0.05) is 35.9 Å². The number of halogens is 2. The van der Waals surface area contributed by atoms with Crippen LogP contribution in [0.5, 0.6) is 0 Å². The van der Waals surface area contributed by atoms with Gasteiger partial charge in [0.15, 0.2) is 0 Å². The number of hydrogen-bond donors (Lipinski definition) is 1. The van der Waals surface area contributed by atoms with Crippen LogP contribution in [0.3, 0.4) is 0 Å². The highest BCUT2D eigenvalue weighted by atomic mass is 35.5. The summed E-state index contributed by atoms with van der Waals surface area (Å²) in [6, 6.07) is 12.5. The summed E-state index contributed by atoms with van der Waals surface area (Å²) in [5, 5.41) is 0.0958. The van der Waals surface area contributed by atoms with E-state index in [1.165, 1.54) is 18.2 Å². The molecular formula is C13H11ClFNO2S. The Balaban J connectivity index is 2.23. The zero-order valence-electron chi connectivity index (χ0n) is 9.81. The normalized spacial score (nSPS) is 11.3. The Hall–Kier alpha value is -1.59. The molecular weight excluding hydrogens is 289 g/mol. The molecule has 0 aliphatic heterocycles. The largest absolute Gasteiger partial charge is 0.283 e. The minimum absolute atomic E-state index is 0.0346. The van der Waals surface area contributed by atoms with Crippen molar-refractivity contribution < 1.29 is 12.8 Å². The van der Waals surface area contributed by atoms with Crippen LogP contribution in [0.15, 0.2) is 48.5 Å². The molecule has 2 aromatic carbocycles. The molecule has 0 bridgehead atoms. The minimum Gasteiger partial charge on any atom is -0.283 e. The summed E-state index contributed by atoms with van der Waals surface area (Å²) in [6.07, 6.45) is 0. The Bertz CT molecular complexity index is 654. The Morgan fingerprint density at radius 2 is 1.74 bits per heavy atom. The Labute approximate surface area is 116 Å². The van der Waals surface area contributed by atoms with Crippen molar-refractivity contribution >= 4 is 27.3 Å². The fourth-order valence-electron chi connectivity index (χ4n) is 1.58. The van der Waals surface area contributed by atoms with Gasteiger partial charge in [-0.25, -0.2) is 12.8 Å². The molecule has 2 rings (SSSR count). The van der Waals surface area contributed by atoms with Crippen LogP contribution in [-0.2, 0) is 15.8 Å².